The fourth-order valence-corrected chi connectivity index (χ4v) is 3.06. The van der Waals surface area contributed by atoms with E-state index in [1.807, 2.05) is 23.1 Å². The second-order valence-electron chi connectivity index (χ2n) is 6.45. The van der Waals surface area contributed by atoms with Crippen LogP contribution in [0.2, 0.25) is 0 Å². The number of carbonyl (C=O) groups is 2. The molecule has 0 unspecified atom stereocenters. The van der Waals surface area contributed by atoms with Crippen molar-refractivity contribution in [2.75, 3.05) is 25.0 Å². The third-order valence-corrected chi connectivity index (χ3v) is 4.43. The maximum atomic E-state index is 13.1. The Kier molecular flexibility index (Phi) is 5.96. The van der Waals surface area contributed by atoms with Crippen LogP contribution in [-0.4, -0.2) is 42.4 Å². The van der Waals surface area contributed by atoms with Crippen molar-refractivity contribution in [3.8, 4) is 0 Å². The Balaban J connectivity index is 1.42. The number of carbonyl (C=O) groups excluding carboxylic acids is 2. The third kappa shape index (κ3) is 5.13. The number of anilines is 1. The summed E-state index contributed by atoms with van der Waals surface area (Å²) in [5, 5.41) is 5.75. The van der Waals surface area contributed by atoms with Crippen LogP contribution in [-0.2, 0) is 4.79 Å². The number of piperidine rings is 1. The molecule has 6 heteroatoms. The van der Waals surface area contributed by atoms with Crippen molar-refractivity contribution < 1.29 is 14.0 Å². The van der Waals surface area contributed by atoms with E-state index in [1.54, 1.807) is 24.3 Å². The highest BCUT2D eigenvalue weighted by Gasteiger charge is 2.22. The molecule has 5 nitrogen and oxygen atoms in total. The summed E-state index contributed by atoms with van der Waals surface area (Å²) >= 11 is 0. The normalized spacial score (nSPS) is 15.4. The Morgan fingerprint density at radius 2 is 1.77 bits per heavy atom. The van der Waals surface area contributed by atoms with Crippen molar-refractivity contribution in [3.63, 3.8) is 0 Å². The maximum absolute atomic E-state index is 13.1. The smallest absolute Gasteiger partial charge is 0.251 e. The molecule has 2 aromatic rings. The first-order chi connectivity index (χ1) is 12.6. The Labute approximate surface area is 152 Å². The molecule has 0 aromatic heterocycles. The average Bonchev–Trinajstić information content (AvgIpc) is 2.64. The van der Waals surface area contributed by atoms with Gasteiger partial charge in [-0.2, -0.15) is 0 Å². The number of nitrogens with zero attached hydrogens (tertiary/aromatic N) is 1. The van der Waals surface area contributed by atoms with Crippen LogP contribution in [0.5, 0.6) is 0 Å². The quantitative estimate of drug-likeness (QED) is 0.867. The molecule has 0 aliphatic carbocycles. The molecule has 2 amide bonds. The minimum atomic E-state index is -0.377. The molecule has 1 aliphatic heterocycles. The van der Waals surface area contributed by atoms with Gasteiger partial charge in [-0.05, 0) is 43.2 Å². The van der Waals surface area contributed by atoms with Crippen LogP contribution in [0, 0.1) is 5.82 Å². The first kappa shape index (κ1) is 18.1. The van der Waals surface area contributed by atoms with Crippen LogP contribution < -0.4 is 10.6 Å². The van der Waals surface area contributed by atoms with Crippen molar-refractivity contribution in [2.45, 2.75) is 18.9 Å². The Hall–Kier alpha value is -2.73. The SMILES string of the molecule is O=C(CN1CCC(NC(=O)c2ccccc2)CC1)Nc1cccc(F)c1. The van der Waals surface area contributed by atoms with E-state index in [0.717, 1.165) is 25.9 Å². The molecule has 26 heavy (non-hydrogen) atoms. The molecule has 2 aromatic carbocycles. The van der Waals surface area contributed by atoms with Gasteiger partial charge in [0.15, 0.2) is 0 Å². The van der Waals surface area contributed by atoms with Gasteiger partial charge in [-0.15, -0.1) is 0 Å². The van der Waals surface area contributed by atoms with Gasteiger partial charge in [0.05, 0.1) is 6.54 Å². The lowest BCUT2D eigenvalue weighted by Crippen LogP contribution is -2.46. The summed E-state index contributed by atoms with van der Waals surface area (Å²) in [4.78, 5) is 26.3. The van der Waals surface area contributed by atoms with E-state index < -0.39 is 0 Å². The van der Waals surface area contributed by atoms with E-state index in [4.69, 9.17) is 0 Å². The molecular formula is C20H22FN3O2. The Bertz CT molecular complexity index is 759. The molecule has 1 aliphatic rings. The third-order valence-electron chi connectivity index (χ3n) is 4.43. The van der Waals surface area contributed by atoms with Crippen LogP contribution in [0.4, 0.5) is 10.1 Å². The lowest BCUT2D eigenvalue weighted by molar-refractivity contribution is -0.117. The number of halogens is 1. The summed E-state index contributed by atoms with van der Waals surface area (Å²) in [6.07, 6.45) is 1.59. The molecule has 3 rings (SSSR count). The number of benzene rings is 2. The second-order valence-corrected chi connectivity index (χ2v) is 6.45. The van der Waals surface area contributed by atoms with Gasteiger partial charge in [0, 0.05) is 30.4 Å². The zero-order valence-electron chi connectivity index (χ0n) is 14.5. The van der Waals surface area contributed by atoms with Crippen LogP contribution in [0.25, 0.3) is 0 Å². The predicted molar refractivity (Wildman–Crippen MR) is 98.4 cm³/mol. The van der Waals surface area contributed by atoms with E-state index in [-0.39, 0.29) is 30.2 Å². The molecule has 0 atom stereocenters. The van der Waals surface area contributed by atoms with Crippen molar-refractivity contribution >= 4 is 17.5 Å². The Morgan fingerprint density at radius 1 is 1.04 bits per heavy atom. The summed E-state index contributed by atoms with van der Waals surface area (Å²) in [5.41, 5.74) is 1.12. The first-order valence-corrected chi connectivity index (χ1v) is 8.74. The van der Waals surface area contributed by atoms with Gasteiger partial charge in [-0.3, -0.25) is 14.5 Å². The average molecular weight is 355 g/mol. The van der Waals surface area contributed by atoms with Crippen LogP contribution >= 0.6 is 0 Å². The molecule has 1 fully saturated rings. The molecule has 136 valence electrons. The van der Waals surface area contributed by atoms with Gasteiger partial charge in [0.25, 0.3) is 5.91 Å². The lowest BCUT2D eigenvalue weighted by Gasteiger charge is -2.31. The molecule has 0 spiro atoms. The van der Waals surface area contributed by atoms with Crippen molar-refractivity contribution in [1.82, 2.24) is 10.2 Å². The highest BCUT2D eigenvalue weighted by atomic mass is 19.1. The maximum Gasteiger partial charge on any atom is 0.251 e. The summed E-state index contributed by atoms with van der Waals surface area (Å²) in [5.74, 6) is -0.604. The van der Waals surface area contributed by atoms with Gasteiger partial charge >= 0.3 is 0 Å². The Morgan fingerprint density at radius 3 is 2.46 bits per heavy atom. The molecule has 1 saturated heterocycles. The zero-order chi connectivity index (χ0) is 18.4. The van der Waals surface area contributed by atoms with Gasteiger partial charge in [0.1, 0.15) is 5.82 Å². The highest BCUT2D eigenvalue weighted by molar-refractivity contribution is 5.94. The number of rotatable bonds is 5. The minimum absolute atomic E-state index is 0.0621. The predicted octanol–water partition coefficient (Wildman–Crippen LogP) is 2.66. The minimum Gasteiger partial charge on any atom is -0.349 e. The van der Waals surface area contributed by atoms with Crippen LogP contribution in [0.1, 0.15) is 23.2 Å². The molecule has 1 heterocycles. The summed E-state index contributed by atoms with van der Waals surface area (Å²) < 4.78 is 13.1. The molecule has 0 saturated carbocycles. The summed E-state index contributed by atoms with van der Waals surface area (Å²) in [6, 6.07) is 15.1. The highest BCUT2D eigenvalue weighted by Crippen LogP contribution is 2.13. The monoisotopic (exact) mass is 355 g/mol. The summed E-state index contributed by atoms with van der Waals surface area (Å²) in [7, 11) is 0. The fraction of sp³-hybridized carbons (Fsp3) is 0.300. The second kappa shape index (κ2) is 8.58. The van der Waals surface area contributed by atoms with E-state index >= 15 is 0 Å². The number of amides is 2. The van der Waals surface area contributed by atoms with E-state index in [9.17, 15) is 14.0 Å². The van der Waals surface area contributed by atoms with Crippen LogP contribution in [0.3, 0.4) is 0 Å². The molecule has 0 bridgehead atoms. The lowest BCUT2D eigenvalue weighted by atomic mass is 10.0. The molecular weight excluding hydrogens is 333 g/mol. The van der Waals surface area contributed by atoms with Crippen molar-refractivity contribution in [2.24, 2.45) is 0 Å². The van der Waals surface area contributed by atoms with E-state index in [0.29, 0.717) is 11.3 Å². The molecule has 0 radical (unpaired) electrons. The standard InChI is InChI=1S/C20H22FN3O2/c21-16-7-4-8-18(13-16)22-19(25)14-24-11-9-17(10-12-24)23-20(26)15-5-2-1-3-6-15/h1-8,13,17H,9-12,14H2,(H,22,25)(H,23,26). The van der Waals surface area contributed by atoms with Gasteiger partial charge < -0.3 is 10.6 Å². The number of likely N-dealkylation sites (tertiary alicyclic amines) is 1. The largest absolute Gasteiger partial charge is 0.349 e. The topological polar surface area (TPSA) is 61.4 Å². The van der Waals surface area contributed by atoms with Gasteiger partial charge in [0.2, 0.25) is 5.91 Å². The van der Waals surface area contributed by atoms with E-state index in [1.165, 1.54) is 12.1 Å². The van der Waals surface area contributed by atoms with Gasteiger partial charge in [-0.25, -0.2) is 4.39 Å². The first-order valence-electron chi connectivity index (χ1n) is 8.74. The van der Waals surface area contributed by atoms with Crippen LogP contribution in [0.15, 0.2) is 54.6 Å². The fourth-order valence-electron chi connectivity index (χ4n) is 3.06. The van der Waals surface area contributed by atoms with Gasteiger partial charge in [-0.1, -0.05) is 24.3 Å². The van der Waals surface area contributed by atoms with Crippen molar-refractivity contribution in [1.29, 1.82) is 0 Å². The number of hydrogen-bond donors (Lipinski definition) is 2. The summed E-state index contributed by atoms with van der Waals surface area (Å²) in [6.45, 7) is 1.72. The molecule has 2 N–H and O–H groups in total. The number of nitrogens with one attached hydrogen (secondary N) is 2. The zero-order valence-corrected chi connectivity index (χ0v) is 14.5. The number of hydrogen-bond acceptors (Lipinski definition) is 3. The van der Waals surface area contributed by atoms with Crippen molar-refractivity contribution in [3.05, 3.63) is 66.0 Å². The van der Waals surface area contributed by atoms with E-state index in [2.05, 4.69) is 10.6 Å².